The Labute approximate surface area is 132 Å². The lowest BCUT2D eigenvalue weighted by Gasteiger charge is -2.31. The molecule has 1 amide bonds. The number of rotatable bonds is 3. The van der Waals surface area contributed by atoms with E-state index in [4.69, 9.17) is 4.42 Å². The van der Waals surface area contributed by atoms with Gasteiger partial charge in [0.15, 0.2) is 11.2 Å². The van der Waals surface area contributed by atoms with E-state index in [-0.39, 0.29) is 29.0 Å². The van der Waals surface area contributed by atoms with Crippen LogP contribution in [0.3, 0.4) is 0 Å². The molecule has 1 saturated carbocycles. The number of benzene rings is 1. The van der Waals surface area contributed by atoms with E-state index in [0.717, 1.165) is 25.3 Å². The zero-order valence-electron chi connectivity index (χ0n) is 12.7. The molecule has 3 rings (SSSR count). The average molecular weight is 317 g/mol. The molecule has 122 valence electrons. The number of carbonyl (C=O) groups excluding carboxylic acids is 1. The van der Waals surface area contributed by atoms with E-state index in [1.54, 1.807) is 0 Å². The van der Waals surface area contributed by atoms with Gasteiger partial charge >= 0.3 is 0 Å². The molecule has 0 bridgehead atoms. The fourth-order valence-electron chi connectivity index (χ4n) is 2.97. The molecular formula is C17H19NO5. The number of aliphatic hydroxyl groups is 1. The summed E-state index contributed by atoms with van der Waals surface area (Å²) >= 11 is 0. The van der Waals surface area contributed by atoms with Crippen molar-refractivity contribution < 1.29 is 19.4 Å². The molecule has 6 nitrogen and oxygen atoms in total. The van der Waals surface area contributed by atoms with Gasteiger partial charge < -0.3 is 19.9 Å². The smallest absolute Gasteiger partial charge is 0.287 e. The summed E-state index contributed by atoms with van der Waals surface area (Å²) in [7, 11) is 0. The topological polar surface area (TPSA) is 99.8 Å². The molecule has 6 heteroatoms. The maximum absolute atomic E-state index is 12.2. The second kappa shape index (κ2) is 6.04. The number of phenolic OH excluding ortho intramolecular Hbond substituents is 1. The molecule has 1 aromatic carbocycles. The van der Waals surface area contributed by atoms with Crippen molar-refractivity contribution in [1.82, 2.24) is 5.32 Å². The monoisotopic (exact) mass is 317 g/mol. The van der Waals surface area contributed by atoms with Crippen LogP contribution < -0.4 is 10.7 Å². The summed E-state index contributed by atoms with van der Waals surface area (Å²) in [4.78, 5) is 24.2. The van der Waals surface area contributed by atoms with Crippen LogP contribution in [0.25, 0.3) is 11.0 Å². The van der Waals surface area contributed by atoms with Gasteiger partial charge in [-0.25, -0.2) is 0 Å². The summed E-state index contributed by atoms with van der Waals surface area (Å²) in [5, 5.41) is 22.6. The van der Waals surface area contributed by atoms with Crippen molar-refractivity contribution in [2.24, 2.45) is 0 Å². The lowest BCUT2D eigenvalue weighted by Crippen LogP contribution is -2.44. The molecule has 0 unspecified atom stereocenters. The Morgan fingerprint density at radius 1 is 1.22 bits per heavy atom. The van der Waals surface area contributed by atoms with Crippen molar-refractivity contribution in [2.75, 3.05) is 6.54 Å². The normalized spacial score (nSPS) is 17.1. The first kappa shape index (κ1) is 15.6. The van der Waals surface area contributed by atoms with Gasteiger partial charge in [-0.3, -0.25) is 9.59 Å². The highest BCUT2D eigenvalue weighted by Gasteiger charge is 2.29. The molecule has 1 aromatic heterocycles. The van der Waals surface area contributed by atoms with Gasteiger partial charge in [-0.1, -0.05) is 19.3 Å². The van der Waals surface area contributed by atoms with Crippen molar-refractivity contribution in [3.05, 3.63) is 40.2 Å². The van der Waals surface area contributed by atoms with Crippen molar-refractivity contribution in [1.29, 1.82) is 0 Å². The molecule has 0 atom stereocenters. The molecule has 1 aliphatic rings. The summed E-state index contributed by atoms with van der Waals surface area (Å²) in [6.07, 6.45) is 4.31. The lowest BCUT2D eigenvalue weighted by molar-refractivity contribution is 0.00503. The standard InChI is InChI=1S/C17H19NO5/c19-11-4-5-14-12(8-11)13(20)9-15(23-14)16(21)18-10-17(22)6-2-1-3-7-17/h4-5,8-9,19,22H,1-3,6-7,10H2,(H,18,21). The molecule has 0 saturated heterocycles. The van der Waals surface area contributed by atoms with E-state index >= 15 is 0 Å². The van der Waals surface area contributed by atoms with Crippen molar-refractivity contribution in [2.45, 2.75) is 37.7 Å². The van der Waals surface area contributed by atoms with Gasteiger partial charge in [0, 0.05) is 12.6 Å². The third-order valence-electron chi connectivity index (χ3n) is 4.30. The maximum atomic E-state index is 12.2. The van der Waals surface area contributed by atoms with Gasteiger partial charge in [0.05, 0.1) is 11.0 Å². The van der Waals surface area contributed by atoms with Crippen LogP contribution in [0.15, 0.2) is 33.5 Å². The van der Waals surface area contributed by atoms with Crippen LogP contribution in [-0.4, -0.2) is 28.3 Å². The van der Waals surface area contributed by atoms with Crippen LogP contribution in [-0.2, 0) is 0 Å². The van der Waals surface area contributed by atoms with Crippen LogP contribution in [0.1, 0.15) is 42.7 Å². The Morgan fingerprint density at radius 2 is 1.96 bits per heavy atom. The SMILES string of the molecule is O=C(NCC1(O)CCCCC1)c1cc(=O)c2cc(O)ccc2o1. The third-order valence-corrected chi connectivity index (χ3v) is 4.30. The number of phenols is 1. The van der Waals surface area contributed by atoms with E-state index in [1.165, 1.54) is 18.2 Å². The fraction of sp³-hybridized carbons (Fsp3) is 0.412. The Balaban J connectivity index is 1.78. The third kappa shape index (κ3) is 3.37. The predicted octanol–water partition coefficient (Wildman–Crippen LogP) is 1.92. The molecule has 3 N–H and O–H groups in total. The van der Waals surface area contributed by atoms with Gasteiger partial charge in [-0.15, -0.1) is 0 Å². The number of fused-ring (bicyclic) bond motifs is 1. The van der Waals surface area contributed by atoms with E-state index in [1.807, 2.05) is 0 Å². The summed E-state index contributed by atoms with van der Waals surface area (Å²) < 4.78 is 5.43. The van der Waals surface area contributed by atoms with Crippen molar-refractivity contribution in [3.8, 4) is 5.75 Å². The fourth-order valence-corrected chi connectivity index (χ4v) is 2.97. The first-order valence-electron chi connectivity index (χ1n) is 7.74. The van der Waals surface area contributed by atoms with E-state index < -0.39 is 16.9 Å². The summed E-state index contributed by atoms with van der Waals surface area (Å²) in [5.41, 5.74) is -1.04. The molecule has 23 heavy (non-hydrogen) atoms. The molecule has 1 fully saturated rings. The van der Waals surface area contributed by atoms with Crippen molar-refractivity contribution in [3.63, 3.8) is 0 Å². The van der Waals surface area contributed by atoms with Gasteiger partial charge in [0.1, 0.15) is 11.3 Å². The molecule has 1 aliphatic carbocycles. The molecule has 0 spiro atoms. The van der Waals surface area contributed by atoms with Crippen LogP contribution in [0.4, 0.5) is 0 Å². The van der Waals surface area contributed by atoms with Crippen molar-refractivity contribution >= 4 is 16.9 Å². The average Bonchev–Trinajstić information content (AvgIpc) is 2.54. The number of carbonyl (C=O) groups is 1. The summed E-state index contributed by atoms with van der Waals surface area (Å²) in [6, 6.07) is 5.23. The van der Waals surface area contributed by atoms with Gasteiger partial charge in [-0.05, 0) is 31.0 Å². The number of hydrogen-bond donors (Lipinski definition) is 3. The van der Waals surface area contributed by atoms with Crippen LogP contribution in [0.2, 0.25) is 0 Å². The van der Waals surface area contributed by atoms with E-state index in [9.17, 15) is 19.8 Å². The zero-order valence-corrected chi connectivity index (χ0v) is 12.7. The van der Waals surface area contributed by atoms with Crippen LogP contribution in [0, 0.1) is 0 Å². The number of amides is 1. The largest absolute Gasteiger partial charge is 0.508 e. The number of aromatic hydroxyl groups is 1. The highest BCUT2D eigenvalue weighted by molar-refractivity contribution is 5.93. The minimum absolute atomic E-state index is 0.0403. The molecule has 1 heterocycles. The molecular weight excluding hydrogens is 298 g/mol. The van der Waals surface area contributed by atoms with Gasteiger partial charge in [-0.2, -0.15) is 0 Å². The Bertz CT molecular complexity index is 789. The number of hydrogen-bond acceptors (Lipinski definition) is 5. The van der Waals surface area contributed by atoms with Crippen LogP contribution in [0.5, 0.6) is 5.75 Å². The highest BCUT2D eigenvalue weighted by atomic mass is 16.3. The number of nitrogens with one attached hydrogen (secondary N) is 1. The van der Waals surface area contributed by atoms with Crippen LogP contribution >= 0.6 is 0 Å². The predicted molar refractivity (Wildman–Crippen MR) is 84.5 cm³/mol. The van der Waals surface area contributed by atoms with E-state index in [0.29, 0.717) is 12.8 Å². The minimum Gasteiger partial charge on any atom is -0.508 e. The molecule has 0 aliphatic heterocycles. The second-order valence-corrected chi connectivity index (χ2v) is 6.12. The summed E-state index contributed by atoms with van der Waals surface area (Å²) in [6.45, 7) is 0.142. The summed E-state index contributed by atoms with van der Waals surface area (Å²) in [5.74, 6) is -0.676. The maximum Gasteiger partial charge on any atom is 0.287 e. The molecule has 2 aromatic rings. The van der Waals surface area contributed by atoms with Gasteiger partial charge in [0.2, 0.25) is 0 Å². The lowest BCUT2D eigenvalue weighted by atomic mass is 9.85. The quantitative estimate of drug-likeness (QED) is 0.803. The Hall–Kier alpha value is -2.34. The Kier molecular flexibility index (Phi) is 4.09. The van der Waals surface area contributed by atoms with Gasteiger partial charge in [0.25, 0.3) is 5.91 Å². The Morgan fingerprint density at radius 3 is 2.70 bits per heavy atom. The second-order valence-electron chi connectivity index (χ2n) is 6.12. The molecule has 0 radical (unpaired) electrons. The zero-order chi connectivity index (χ0) is 16.4. The highest BCUT2D eigenvalue weighted by Crippen LogP contribution is 2.27. The first-order chi connectivity index (χ1) is 11.0. The minimum atomic E-state index is -0.878. The first-order valence-corrected chi connectivity index (χ1v) is 7.74. The van der Waals surface area contributed by atoms with E-state index in [2.05, 4.69) is 5.32 Å².